The first-order chi connectivity index (χ1) is 10.2. The Bertz CT molecular complexity index is 644. The first-order valence-corrected chi connectivity index (χ1v) is 10.6. The molecule has 2 aromatic rings. The SMILES string of the molecule is BrC(Br)(Br)c1nc(C=Cc2ccccc2)nc(C(Br)(Br)Br)n1. The Balaban J connectivity index is 2.45. The van der Waals surface area contributed by atoms with E-state index in [4.69, 9.17) is 0 Å². The predicted molar refractivity (Wildman–Crippen MR) is 112 cm³/mol. The minimum absolute atomic E-state index is 0.493. The second-order valence-corrected chi connectivity index (χ2v) is 17.6. The van der Waals surface area contributed by atoms with Gasteiger partial charge >= 0.3 is 0 Å². The zero-order chi connectivity index (χ0) is 16.4. The summed E-state index contributed by atoms with van der Waals surface area (Å²) in [5, 5.41) is 0. The van der Waals surface area contributed by atoms with Crippen LogP contribution in [0.4, 0.5) is 0 Å². The quantitative estimate of drug-likeness (QED) is 0.334. The summed E-state index contributed by atoms with van der Waals surface area (Å²) in [6, 6.07) is 9.94. The lowest BCUT2D eigenvalue weighted by atomic mass is 10.2. The predicted octanol–water partition coefficient (Wildman–Crippen LogP) is 6.63. The molecule has 0 radical (unpaired) electrons. The second-order valence-electron chi connectivity index (χ2n) is 4.08. The Hall–Kier alpha value is 0.850. The number of aromatic nitrogens is 3. The van der Waals surface area contributed by atoms with Crippen molar-refractivity contribution in [2.45, 2.75) is 4.29 Å². The first kappa shape index (κ1) is 19.2. The smallest absolute Gasteiger partial charge is 0.194 e. The molecule has 1 aromatic heterocycles. The molecule has 0 amide bonds. The Labute approximate surface area is 178 Å². The highest BCUT2D eigenvalue weighted by Gasteiger charge is 2.31. The fourth-order valence-corrected chi connectivity index (χ4v) is 2.52. The number of halogens is 6. The van der Waals surface area contributed by atoms with E-state index >= 15 is 0 Å². The molecule has 0 atom stereocenters. The van der Waals surface area contributed by atoms with Crippen molar-refractivity contribution in [3.05, 3.63) is 53.4 Å². The Morgan fingerprint density at radius 1 is 0.682 bits per heavy atom. The molecule has 0 fully saturated rings. The van der Waals surface area contributed by atoms with Gasteiger partial charge in [-0.1, -0.05) is 132 Å². The van der Waals surface area contributed by atoms with Gasteiger partial charge in [-0.25, -0.2) is 15.0 Å². The van der Waals surface area contributed by atoms with Crippen molar-refractivity contribution >= 4 is 108 Å². The standard InChI is InChI=1S/C13H7Br6N3/c14-12(15,16)10-20-9(21-11(22-10)13(17,18)19)7-6-8-4-2-1-3-5-8/h1-7H. The van der Waals surface area contributed by atoms with Gasteiger partial charge in [-0.05, 0) is 11.6 Å². The van der Waals surface area contributed by atoms with Crippen LogP contribution in [0.3, 0.4) is 0 Å². The molecule has 0 unspecified atom stereocenters. The normalized spacial score (nSPS) is 12.8. The molecule has 116 valence electrons. The van der Waals surface area contributed by atoms with Crippen LogP contribution in [-0.4, -0.2) is 15.0 Å². The molecular formula is C13H7Br6N3. The lowest BCUT2D eigenvalue weighted by Gasteiger charge is -2.16. The van der Waals surface area contributed by atoms with Gasteiger partial charge in [-0.2, -0.15) is 0 Å². The topological polar surface area (TPSA) is 38.7 Å². The van der Waals surface area contributed by atoms with Crippen molar-refractivity contribution in [1.29, 1.82) is 0 Å². The molecule has 22 heavy (non-hydrogen) atoms. The molecule has 1 heterocycles. The Kier molecular flexibility index (Phi) is 6.82. The highest BCUT2D eigenvalue weighted by Crippen LogP contribution is 2.46. The molecule has 0 N–H and O–H groups in total. The average Bonchev–Trinajstić information content (AvgIpc) is 2.44. The van der Waals surface area contributed by atoms with Gasteiger partial charge in [-0.3, -0.25) is 0 Å². The van der Waals surface area contributed by atoms with Crippen LogP contribution in [0, 0.1) is 0 Å². The second kappa shape index (κ2) is 7.82. The first-order valence-electron chi connectivity index (χ1n) is 5.80. The fourth-order valence-electron chi connectivity index (χ4n) is 1.46. The van der Waals surface area contributed by atoms with E-state index in [0.717, 1.165) is 5.56 Å². The number of nitrogens with zero attached hydrogens (tertiary/aromatic N) is 3. The van der Waals surface area contributed by atoms with Gasteiger partial charge < -0.3 is 0 Å². The molecular weight excluding hydrogens is 678 g/mol. The summed E-state index contributed by atoms with van der Waals surface area (Å²) in [6.45, 7) is 0. The Morgan fingerprint density at radius 2 is 1.18 bits per heavy atom. The summed E-state index contributed by atoms with van der Waals surface area (Å²) in [6.07, 6.45) is 3.78. The summed E-state index contributed by atoms with van der Waals surface area (Å²) >= 11 is 20.6. The van der Waals surface area contributed by atoms with Gasteiger partial charge in [0, 0.05) is 0 Å². The van der Waals surface area contributed by atoms with Gasteiger partial charge in [-0.15, -0.1) is 0 Å². The van der Waals surface area contributed by atoms with Crippen molar-refractivity contribution in [3.63, 3.8) is 0 Å². The third kappa shape index (κ3) is 5.73. The van der Waals surface area contributed by atoms with Gasteiger partial charge in [0.25, 0.3) is 0 Å². The van der Waals surface area contributed by atoms with Gasteiger partial charge in [0.15, 0.2) is 21.8 Å². The largest absolute Gasteiger partial charge is 0.211 e. The minimum Gasteiger partial charge on any atom is -0.211 e. The van der Waals surface area contributed by atoms with Crippen LogP contribution in [0.15, 0.2) is 30.3 Å². The third-order valence-corrected chi connectivity index (χ3v) is 4.51. The highest BCUT2D eigenvalue weighted by molar-refractivity contribution is 9.39. The monoisotopic (exact) mass is 679 g/mol. The summed E-state index contributed by atoms with van der Waals surface area (Å²) in [5.41, 5.74) is 1.07. The zero-order valence-electron chi connectivity index (χ0n) is 10.7. The third-order valence-electron chi connectivity index (χ3n) is 2.38. The summed E-state index contributed by atoms with van der Waals surface area (Å²) in [4.78, 5) is 13.2. The van der Waals surface area contributed by atoms with E-state index in [1.807, 2.05) is 42.5 Å². The van der Waals surface area contributed by atoms with Crippen LogP contribution < -0.4 is 0 Å². The van der Waals surface area contributed by atoms with E-state index in [1.165, 1.54) is 0 Å². The molecule has 1 aromatic carbocycles. The van der Waals surface area contributed by atoms with Crippen LogP contribution in [0.5, 0.6) is 0 Å². The molecule has 0 aliphatic carbocycles. The molecule has 2 rings (SSSR count). The molecule has 9 heteroatoms. The maximum atomic E-state index is 4.42. The van der Waals surface area contributed by atoms with Crippen molar-refractivity contribution in [2.24, 2.45) is 0 Å². The minimum atomic E-state index is -0.724. The number of hydrogen-bond acceptors (Lipinski definition) is 3. The Morgan fingerprint density at radius 3 is 1.64 bits per heavy atom. The molecule has 0 bridgehead atoms. The summed E-state index contributed by atoms with van der Waals surface area (Å²) < 4.78 is -1.45. The molecule has 0 saturated heterocycles. The molecule has 3 nitrogen and oxygen atoms in total. The van der Waals surface area contributed by atoms with Gasteiger partial charge in [0.2, 0.25) is 0 Å². The van der Waals surface area contributed by atoms with Gasteiger partial charge in [0.1, 0.15) is 0 Å². The lowest BCUT2D eigenvalue weighted by molar-refractivity contribution is 0.875. The van der Waals surface area contributed by atoms with Crippen molar-refractivity contribution in [2.75, 3.05) is 0 Å². The lowest BCUT2D eigenvalue weighted by Crippen LogP contribution is -2.15. The number of rotatable bonds is 2. The summed E-state index contributed by atoms with van der Waals surface area (Å²) in [7, 11) is 0. The van der Waals surface area contributed by atoms with Crippen molar-refractivity contribution < 1.29 is 0 Å². The van der Waals surface area contributed by atoms with E-state index in [9.17, 15) is 0 Å². The number of alkyl halides is 6. The van der Waals surface area contributed by atoms with Crippen molar-refractivity contribution in [3.8, 4) is 0 Å². The summed E-state index contributed by atoms with van der Waals surface area (Å²) in [5.74, 6) is 1.52. The number of benzene rings is 1. The van der Waals surface area contributed by atoms with E-state index in [2.05, 4.69) is 111 Å². The van der Waals surface area contributed by atoms with Crippen LogP contribution in [0.2, 0.25) is 0 Å². The van der Waals surface area contributed by atoms with Crippen LogP contribution in [0.25, 0.3) is 12.2 Å². The maximum absolute atomic E-state index is 4.42. The average molecular weight is 685 g/mol. The molecule has 0 aliphatic rings. The fraction of sp³-hybridized carbons (Fsp3) is 0.154. The van der Waals surface area contributed by atoms with E-state index in [-0.39, 0.29) is 0 Å². The van der Waals surface area contributed by atoms with Crippen LogP contribution >= 0.6 is 95.6 Å². The number of hydrogen-bond donors (Lipinski definition) is 0. The molecule has 0 saturated carbocycles. The van der Waals surface area contributed by atoms with Crippen LogP contribution in [-0.2, 0) is 4.29 Å². The van der Waals surface area contributed by atoms with Gasteiger partial charge in [0.05, 0.1) is 0 Å². The molecule has 0 spiro atoms. The maximum Gasteiger partial charge on any atom is 0.194 e. The molecule has 0 aliphatic heterocycles. The highest BCUT2D eigenvalue weighted by atomic mass is 80.0. The van der Waals surface area contributed by atoms with E-state index in [1.54, 1.807) is 0 Å². The van der Waals surface area contributed by atoms with Crippen molar-refractivity contribution in [1.82, 2.24) is 15.0 Å². The van der Waals surface area contributed by atoms with Crippen LogP contribution in [0.1, 0.15) is 23.0 Å². The van der Waals surface area contributed by atoms with E-state index in [0.29, 0.717) is 17.5 Å². The van der Waals surface area contributed by atoms with E-state index < -0.39 is 4.29 Å². The zero-order valence-corrected chi connectivity index (χ0v) is 20.2.